The Hall–Kier alpha value is -4.48. The van der Waals surface area contributed by atoms with Gasteiger partial charge < -0.3 is 15.4 Å². The van der Waals surface area contributed by atoms with Crippen LogP contribution in [-0.4, -0.2) is 57.1 Å². The van der Waals surface area contributed by atoms with Gasteiger partial charge in [0, 0.05) is 42.5 Å². The van der Waals surface area contributed by atoms with Crippen LogP contribution >= 0.6 is 0 Å². The zero-order chi connectivity index (χ0) is 25.1. The van der Waals surface area contributed by atoms with E-state index in [1.165, 1.54) is 15.8 Å². The zero-order valence-electron chi connectivity index (χ0n) is 19.5. The molecule has 3 heterocycles. The lowest BCUT2D eigenvalue weighted by molar-refractivity contribution is 0.0303. The highest BCUT2D eigenvalue weighted by molar-refractivity contribution is 5.95. The van der Waals surface area contributed by atoms with Crippen LogP contribution in [0.5, 0.6) is 0 Å². The van der Waals surface area contributed by atoms with Crippen molar-refractivity contribution >= 4 is 28.2 Å². The summed E-state index contributed by atoms with van der Waals surface area (Å²) in [6.07, 6.45) is 3.15. The fourth-order valence-electron chi connectivity index (χ4n) is 4.07. The van der Waals surface area contributed by atoms with Crippen molar-refractivity contribution in [3.63, 3.8) is 0 Å². The second kappa shape index (κ2) is 10.0. The molecule has 5 rings (SSSR count). The third-order valence-corrected chi connectivity index (χ3v) is 6.01. The van der Waals surface area contributed by atoms with Crippen LogP contribution in [-0.2, 0) is 11.3 Å². The fourth-order valence-corrected chi connectivity index (χ4v) is 4.07. The van der Waals surface area contributed by atoms with E-state index in [2.05, 4.69) is 15.3 Å². The lowest BCUT2D eigenvalue weighted by Crippen LogP contribution is -2.40. The Balaban J connectivity index is 1.34. The summed E-state index contributed by atoms with van der Waals surface area (Å²) in [7, 11) is 0. The van der Waals surface area contributed by atoms with Crippen LogP contribution < -0.4 is 22.1 Å². The number of nitrogens with one attached hydrogen (secondary N) is 1. The normalized spacial score (nSPS) is 14.2. The molecule has 36 heavy (non-hydrogen) atoms. The topological polar surface area (TPSA) is 148 Å². The molecule has 1 saturated heterocycles. The molecule has 0 spiro atoms. The predicted octanol–water partition coefficient (Wildman–Crippen LogP) is 1.28. The van der Waals surface area contributed by atoms with Crippen molar-refractivity contribution in [2.75, 3.05) is 31.3 Å². The standard InChI is InChI=1S/C25H26N8O3/c26-21(16-32(27)19-6-4-18(5-7-19)25(35)31-10-12-36-13-11-31)24-20-14-17(3-8-22(20)29-30-24)15-33-23(34)2-1-9-28-33/h1-9,14,16H,10-13,15,26-27H2,(H,29,30)/b21-16-. The SMILES string of the molecule is N/C(=C\N(N)c1ccc(C(=O)N2CCOCC2)cc1)c1n[nH]c2ccc(Cn3ncccc3=O)cc12. The number of amides is 1. The van der Waals surface area contributed by atoms with Crippen molar-refractivity contribution in [1.82, 2.24) is 24.9 Å². The van der Waals surface area contributed by atoms with Gasteiger partial charge in [-0.05, 0) is 48.0 Å². The molecule has 0 unspecified atom stereocenters. The number of carbonyl (C=O) groups excluding carboxylic acids is 1. The minimum atomic E-state index is -0.180. The number of morpholine rings is 1. The van der Waals surface area contributed by atoms with Gasteiger partial charge >= 0.3 is 0 Å². The van der Waals surface area contributed by atoms with E-state index in [0.717, 1.165) is 16.5 Å². The molecule has 4 aromatic rings. The number of nitrogens with two attached hydrogens (primary N) is 2. The molecule has 0 atom stereocenters. The number of hydrazine groups is 1. The number of H-pyrrole nitrogens is 1. The molecule has 0 saturated carbocycles. The van der Waals surface area contributed by atoms with E-state index in [4.69, 9.17) is 16.3 Å². The monoisotopic (exact) mass is 486 g/mol. The number of aromatic nitrogens is 4. The van der Waals surface area contributed by atoms with Gasteiger partial charge in [-0.3, -0.25) is 19.7 Å². The van der Waals surface area contributed by atoms with Crippen molar-refractivity contribution in [2.24, 2.45) is 11.6 Å². The summed E-state index contributed by atoms with van der Waals surface area (Å²) >= 11 is 0. The molecule has 184 valence electrons. The Labute approximate surface area is 206 Å². The number of ether oxygens (including phenoxy) is 1. The summed E-state index contributed by atoms with van der Waals surface area (Å²) < 4.78 is 6.69. The third kappa shape index (κ3) is 4.83. The quantitative estimate of drug-likeness (QED) is 0.273. The van der Waals surface area contributed by atoms with Crippen LogP contribution in [0.4, 0.5) is 5.69 Å². The summed E-state index contributed by atoms with van der Waals surface area (Å²) in [6.45, 7) is 2.59. The Morgan fingerprint density at radius 3 is 2.67 bits per heavy atom. The first-order valence-corrected chi connectivity index (χ1v) is 11.5. The number of nitrogens with zero attached hydrogens (tertiary/aromatic N) is 5. The first kappa shape index (κ1) is 23.3. The minimum absolute atomic E-state index is 0.0322. The van der Waals surface area contributed by atoms with Crippen molar-refractivity contribution < 1.29 is 9.53 Å². The van der Waals surface area contributed by atoms with Crippen LogP contribution in [0.25, 0.3) is 16.6 Å². The van der Waals surface area contributed by atoms with Gasteiger partial charge in [-0.25, -0.2) is 10.5 Å². The molecule has 5 N–H and O–H groups in total. The molecule has 1 aliphatic heterocycles. The van der Waals surface area contributed by atoms with E-state index in [9.17, 15) is 9.59 Å². The second-order valence-corrected chi connectivity index (χ2v) is 8.41. The second-order valence-electron chi connectivity index (χ2n) is 8.41. The lowest BCUT2D eigenvalue weighted by Gasteiger charge is -2.27. The third-order valence-electron chi connectivity index (χ3n) is 6.01. The van der Waals surface area contributed by atoms with Gasteiger partial charge in [-0.2, -0.15) is 10.2 Å². The Morgan fingerprint density at radius 1 is 1.14 bits per heavy atom. The molecule has 11 nitrogen and oxygen atoms in total. The molecule has 11 heteroatoms. The number of rotatable bonds is 6. The molecule has 1 fully saturated rings. The van der Waals surface area contributed by atoms with Crippen molar-refractivity contribution in [3.05, 3.63) is 94.2 Å². The molecule has 0 radical (unpaired) electrons. The summed E-state index contributed by atoms with van der Waals surface area (Å²) in [6, 6.07) is 15.8. The van der Waals surface area contributed by atoms with Gasteiger partial charge in [0.15, 0.2) is 0 Å². The summed E-state index contributed by atoms with van der Waals surface area (Å²) in [5, 5.41) is 13.6. The number of aromatic amines is 1. The van der Waals surface area contributed by atoms with Crippen molar-refractivity contribution in [2.45, 2.75) is 6.54 Å². The van der Waals surface area contributed by atoms with Gasteiger partial charge in [-0.15, -0.1) is 0 Å². The number of hydrogen-bond donors (Lipinski definition) is 3. The van der Waals surface area contributed by atoms with Gasteiger partial charge in [0.25, 0.3) is 11.5 Å². The Morgan fingerprint density at radius 2 is 1.92 bits per heavy atom. The van der Waals surface area contributed by atoms with E-state index in [1.807, 2.05) is 18.2 Å². The van der Waals surface area contributed by atoms with Gasteiger partial charge in [0.1, 0.15) is 5.69 Å². The predicted molar refractivity (Wildman–Crippen MR) is 136 cm³/mol. The highest BCUT2D eigenvalue weighted by Crippen LogP contribution is 2.23. The molecule has 1 amide bonds. The maximum absolute atomic E-state index is 12.7. The van der Waals surface area contributed by atoms with Crippen LogP contribution in [0.3, 0.4) is 0 Å². The van der Waals surface area contributed by atoms with Crippen molar-refractivity contribution in [1.29, 1.82) is 0 Å². The summed E-state index contributed by atoms with van der Waals surface area (Å²) in [5.74, 6) is 6.21. The number of carbonyl (C=O) groups is 1. The molecule has 0 bridgehead atoms. The summed E-state index contributed by atoms with van der Waals surface area (Å²) in [4.78, 5) is 26.4. The number of benzene rings is 2. The minimum Gasteiger partial charge on any atom is -0.396 e. The Bertz CT molecular complexity index is 1470. The van der Waals surface area contributed by atoms with E-state index < -0.39 is 0 Å². The van der Waals surface area contributed by atoms with E-state index >= 15 is 0 Å². The van der Waals surface area contributed by atoms with Crippen LogP contribution in [0.15, 0.2) is 71.8 Å². The molecular weight excluding hydrogens is 460 g/mol. The molecule has 0 aliphatic carbocycles. The highest BCUT2D eigenvalue weighted by atomic mass is 16.5. The number of fused-ring (bicyclic) bond motifs is 1. The molecule has 2 aromatic heterocycles. The lowest BCUT2D eigenvalue weighted by atomic mass is 10.1. The average molecular weight is 487 g/mol. The maximum Gasteiger partial charge on any atom is 0.267 e. The van der Waals surface area contributed by atoms with Crippen LogP contribution in [0.1, 0.15) is 21.6 Å². The Kier molecular flexibility index (Phi) is 6.48. The first-order chi connectivity index (χ1) is 17.5. The first-order valence-electron chi connectivity index (χ1n) is 11.5. The number of anilines is 1. The molecular formula is C25H26N8O3. The highest BCUT2D eigenvalue weighted by Gasteiger charge is 2.18. The van der Waals surface area contributed by atoms with Gasteiger partial charge in [0.05, 0.1) is 36.7 Å². The largest absolute Gasteiger partial charge is 0.396 e. The van der Waals surface area contributed by atoms with Crippen LogP contribution in [0.2, 0.25) is 0 Å². The van der Waals surface area contributed by atoms with E-state index in [0.29, 0.717) is 55.5 Å². The fraction of sp³-hybridized carbons (Fsp3) is 0.200. The molecule has 1 aliphatic rings. The van der Waals surface area contributed by atoms with E-state index in [-0.39, 0.29) is 11.5 Å². The van der Waals surface area contributed by atoms with Gasteiger partial charge in [0.2, 0.25) is 0 Å². The molecule has 2 aromatic carbocycles. The van der Waals surface area contributed by atoms with E-state index in [1.54, 1.807) is 47.6 Å². The van der Waals surface area contributed by atoms with Crippen LogP contribution in [0, 0.1) is 0 Å². The van der Waals surface area contributed by atoms with Crippen molar-refractivity contribution in [3.8, 4) is 0 Å². The van der Waals surface area contributed by atoms with Gasteiger partial charge in [-0.1, -0.05) is 6.07 Å². The summed E-state index contributed by atoms with van der Waals surface area (Å²) in [5.41, 5.74) is 9.99. The number of hydrogen-bond acceptors (Lipinski definition) is 8. The average Bonchev–Trinajstić information content (AvgIpc) is 3.34. The smallest absolute Gasteiger partial charge is 0.267 e. The maximum atomic E-state index is 12.7. The zero-order valence-corrected chi connectivity index (χ0v) is 19.5.